The van der Waals surface area contributed by atoms with E-state index in [2.05, 4.69) is 34.4 Å². The van der Waals surface area contributed by atoms with Crippen LogP contribution in [0.5, 0.6) is 5.75 Å². The summed E-state index contributed by atoms with van der Waals surface area (Å²) in [5, 5.41) is 5.87. The average molecular weight is 497 g/mol. The molecule has 0 saturated carbocycles. The minimum atomic E-state index is -0.397. The van der Waals surface area contributed by atoms with Gasteiger partial charge in [0.1, 0.15) is 18.5 Å². The highest BCUT2D eigenvalue weighted by molar-refractivity contribution is 6.35. The lowest BCUT2D eigenvalue weighted by atomic mass is 10.0. The highest BCUT2D eigenvalue weighted by Gasteiger charge is 2.26. The molecule has 9 heteroatoms. The zero-order valence-electron chi connectivity index (χ0n) is 21.9. The number of anilines is 1. The summed E-state index contributed by atoms with van der Waals surface area (Å²) in [5.41, 5.74) is 4.68. The molecule has 0 saturated heterocycles. The highest BCUT2D eigenvalue weighted by atomic mass is 16.6. The van der Waals surface area contributed by atoms with Crippen LogP contribution in [0.4, 0.5) is 5.69 Å². The first-order valence-electron chi connectivity index (χ1n) is 12.3. The number of benzene rings is 1. The topological polar surface area (TPSA) is 113 Å². The van der Waals surface area contributed by atoms with E-state index in [1.54, 1.807) is 31.2 Å². The van der Waals surface area contributed by atoms with Crippen LogP contribution < -0.4 is 15.4 Å². The smallest absolute Gasteiger partial charge is 0.303 e. The van der Waals surface area contributed by atoms with Crippen LogP contribution in [0.25, 0.3) is 11.6 Å². The van der Waals surface area contributed by atoms with Crippen molar-refractivity contribution in [1.82, 2.24) is 15.2 Å². The second-order valence-electron chi connectivity index (χ2n) is 8.90. The van der Waals surface area contributed by atoms with Gasteiger partial charge in [0.15, 0.2) is 0 Å². The van der Waals surface area contributed by atoms with Crippen molar-refractivity contribution >= 4 is 35.1 Å². The Hall–Kier alpha value is -3.59. The minimum absolute atomic E-state index is 0.132. The number of likely N-dealkylation sites (N-methyl/N-ethyl adjacent to an activating group) is 1. The summed E-state index contributed by atoms with van der Waals surface area (Å²) in [4.78, 5) is 42.3. The first-order valence-corrected chi connectivity index (χ1v) is 12.3. The summed E-state index contributed by atoms with van der Waals surface area (Å²) in [6, 6.07) is 5.32. The Morgan fingerprint density at radius 2 is 1.92 bits per heavy atom. The van der Waals surface area contributed by atoms with Crippen molar-refractivity contribution in [2.75, 3.05) is 38.1 Å². The number of nitrogens with one attached hydrogen (secondary N) is 3. The number of nitrogens with zero attached hydrogens (tertiary/aromatic N) is 1. The van der Waals surface area contributed by atoms with E-state index in [-0.39, 0.29) is 24.4 Å². The predicted octanol–water partition coefficient (Wildman–Crippen LogP) is 3.53. The number of fused-ring (bicyclic) bond motifs is 1. The molecule has 1 aromatic heterocycles. The van der Waals surface area contributed by atoms with Crippen LogP contribution in [-0.2, 0) is 14.3 Å². The molecular formula is C27H36N4O5. The summed E-state index contributed by atoms with van der Waals surface area (Å²) in [6.07, 6.45) is 1.37. The summed E-state index contributed by atoms with van der Waals surface area (Å²) in [5.74, 6) is -0.171. The molecule has 3 N–H and O–H groups in total. The molecule has 1 aliphatic heterocycles. The fraction of sp³-hybridized carbons (Fsp3) is 0.444. The van der Waals surface area contributed by atoms with Gasteiger partial charge in [-0.2, -0.15) is 0 Å². The average Bonchev–Trinajstić information content (AvgIpc) is 3.29. The Balaban J connectivity index is 1.79. The molecule has 0 spiro atoms. The maximum Gasteiger partial charge on any atom is 0.303 e. The van der Waals surface area contributed by atoms with E-state index in [4.69, 9.17) is 9.47 Å². The highest BCUT2D eigenvalue weighted by Crippen LogP contribution is 2.36. The van der Waals surface area contributed by atoms with Gasteiger partial charge in [-0.1, -0.05) is 13.8 Å². The van der Waals surface area contributed by atoms with Crippen LogP contribution >= 0.6 is 0 Å². The molecule has 1 atom stereocenters. The predicted molar refractivity (Wildman–Crippen MR) is 140 cm³/mol. The van der Waals surface area contributed by atoms with Gasteiger partial charge >= 0.3 is 5.97 Å². The molecule has 2 amide bonds. The van der Waals surface area contributed by atoms with E-state index < -0.39 is 6.10 Å². The standard InChI is InChI=1S/C27H36N4O5/c1-7-31(8-2)12-11-28-27(34)25-17(4)24(29-18(25)5)14-22-21-13-20(9-10-23(21)30-26(22)33)35-15-16(3)36-19(6)32/h9-10,13-14,16,29H,7-8,11-12,15H2,1-6H3,(H,28,34)(H,30,33)/b22-14-. The molecule has 2 heterocycles. The Morgan fingerprint density at radius 3 is 2.58 bits per heavy atom. The van der Waals surface area contributed by atoms with Crippen LogP contribution in [0.3, 0.4) is 0 Å². The summed E-state index contributed by atoms with van der Waals surface area (Å²) >= 11 is 0. The van der Waals surface area contributed by atoms with Crippen LogP contribution in [0.1, 0.15) is 60.6 Å². The Labute approximate surface area is 212 Å². The van der Waals surface area contributed by atoms with Gasteiger partial charge in [-0.15, -0.1) is 0 Å². The Morgan fingerprint density at radius 1 is 1.19 bits per heavy atom. The quantitative estimate of drug-likeness (QED) is 0.324. The van der Waals surface area contributed by atoms with E-state index in [1.807, 2.05) is 13.8 Å². The molecule has 0 aliphatic carbocycles. The molecule has 0 bridgehead atoms. The SMILES string of the molecule is CCN(CC)CCNC(=O)c1c(C)[nH]c(/C=C2\C(=O)Nc3ccc(OCC(C)OC(C)=O)cc32)c1C. The first kappa shape index (κ1) is 27.0. The van der Waals surface area contributed by atoms with Crippen LogP contribution in [0, 0.1) is 13.8 Å². The third-order valence-electron chi connectivity index (χ3n) is 6.23. The number of aromatic amines is 1. The molecule has 36 heavy (non-hydrogen) atoms. The maximum absolute atomic E-state index is 12.9. The second-order valence-corrected chi connectivity index (χ2v) is 8.90. The number of hydrogen-bond donors (Lipinski definition) is 3. The fourth-order valence-electron chi connectivity index (χ4n) is 4.29. The number of amides is 2. The van der Waals surface area contributed by atoms with Gasteiger partial charge in [-0.3, -0.25) is 14.4 Å². The number of ether oxygens (including phenoxy) is 2. The van der Waals surface area contributed by atoms with Crippen molar-refractivity contribution in [2.24, 2.45) is 0 Å². The number of carbonyl (C=O) groups is 3. The van der Waals surface area contributed by atoms with E-state index in [0.717, 1.165) is 30.9 Å². The monoisotopic (exact) mass is 496 g/mol. The molecule has 1 aromatic carbocycles. The Kier molecular flexibility index (Phi) is 8.93. The third kappa shape index (κ3) is 6.34. The first-order chi connectivity index (χ1) is 17.1. The number of hydrogen-bond acceptors (Lipinski definition) is 6. The van der Waals surface area contributed by atoms with Crippen molar-refractivity contribution in [1.29, 1.82) is 0 Å². The fourth-order valence-corrected chi connectivity index (χ4v) is 4.29. The van der Waals surface area contributed by atoms with E-state index in [9.17, 15) is 14.4 Å². The van der Waals surface area contributed by atoms with E-state index in [0.29, 0.717) is 40.4 Å². The summed E-state index contributed by atoms with van der Waals surface area (Å²) < 4.78 is 10.9. The minimum Gasteiger partial charge on any atom is -0.490 e. The second kappa shape index (κ2) is 11.9. The molecule has 3 rings (SSSR count). The van der Waals surface area contributed by atoms with Crippen LogP contribution in [0.2, 0.25) is 0 Å². The zero-order chi connectivity index (χ0) is 26.4. The molecule has 0 fully saturated rings. The largest absolute Gasteiger partial charge is 0.490 e. The van der Waals surface area contributed by atoms with E-state index in [1.165, 1.54) is 6.92 Å². The molecule has 1 aliphatic rings. The molecule has 1 unspecified atom stereocenters. The Bertz CT molecular complexity index is 1160. The van der Waals surface area contributed by atoms with Gasteiger partial charge in [0, 0.05) is 42.7 Å². The molecule has 9 nitrogen and oxygen atoms in total. The number of esters is 1. The van der Waals surface area contributed by atoms with E-state index >= 15 is 0 Å². The molecule has 0 radical (unpaired) electrons. The lowest BCUT2D eigenvalue weighted by molar-refractivity contribution is -0.146. The molecule has 2 aromatic rings. The van der Waals surface area contributed by atoms with Crippen molar-refractivity contribution in [3.05, 3.63) is 46.3 Å². The number of carbonyl (C=O) groups excluding carboxylic acids is 3. The van der Waals surface area contributed by atoms with Gasteiger partial charge in [-0.25, -0.2) is 0 Å². The van der Waals surface area contributed by atoms with Gasteiger partial charge in [0.05, 0.1) is 11.1 Å². The molecular weight excluding hydrogens is 460 g/mol. The zero-order valence-corrected chi connectivity index (χ0v) is 21.9. The normalized spacial score (nSPS) is 14.5. The van der Waals surface area contributed by atoms with Crippen molar-refractivity contribution in [2.45, 2.75) is 47.6 Å². The number of aromatic nitrogens is 1. The maximum atomic E-state index is 12.9. The number of rotatable bonds is 11. The van der Waals surface area contributed by atoms with Gasteiger partial charge in [0.25, 0.3) is 11.8 Å². The van der Waals surface area contributed by atoms with Gasteiger partial charge in [-0.05, 0) is 63.7 Å². The van der Waals surface area contributed by atoms with Crippen molar-refractivity contribution < 1.29 is 23.9 Å². The van der Waals surface area contributed by atoms with Crippen molar-refractivity contribution in [3.8, 4) is 5.75 Å². The number of aryl methyl sites for hydroxylation is 1. The molecule has 194 valence electrons. The lowest BCUT2D eigenvalue weighted by Crippen LogP contribution is -2.35. The summed E-state index contributed by atoms with van der Waals surface area (Å²) in [7, 11) is 0. The van der Waals surface area contributed by atoms with Crippen molar-refractivity contribution in [3.63, 3.8) is 0 Å². The van der Waals surface area contributed by atoms with Crippen LogP contribution in [-0.4, -0.2) is 66.6 Å². The van der Waals surface area contributed by atoms with Gasteiger partial charge < -0.3 is 30.0 Å². The lowest BCUT2D eigenvalue weighted by Gasteiger charge is -2.18. The van der Waals surface area contributed by atoms with Gasteiger partial charge in [0.2, 0.25) is 0 Å². The number of H-pyrrole nitrogens is 1. The van der Waals surface area contributed by atoms with Crippen LogP contribution in [0.15, 0.2) is 18.2 Å². The third-order valence-corrected chi connectivity index (χ3v) is 6.23. The summed E-state index contributed by atoms with van der Waals surface area (Å²) in [6.45, 7) is 14.5.